The smallest absolute Gasteiger partial charge is 0.367 e. The summed E-state index contributed by atoms with van der Waals surface area (Å²) in [4.78, 5) is 36.8. The number of benzene rings is 1. The Balaban J connectivity index is 1.76. The van der Waals surface area contributed by atoms with Crippen molar-refractivity contribution in [2.24, 2.45) is 0 Å². The van der Waals surface area contributed by atoms with Gasteiger partial charge in [0, 0.05) is 23.4 Å². The van der Waals surface area contributed by atoms with E-state index in [0.717, 1.165) is 21.8 Å². The summed E-state index contributed by atoms with van der Waals surface area (Å²) < 4.78 is 5.70. The van der Waals surface area contributed by atoms with Gasteiger partial charge in [0.1, 0.15) is 10.3 Å². The lowest BCUT2D eigenvalue weighted by atomic mass is 10.1. The molecular weight excluding hydrogens is 442 g/mol. The summed E-state index contributed by atoms with van der Waals surface area (Å²) in [6, 6.07) is 12.9. The molecular formula is C20H16BrN3O3S. The van der Waals surface area contributed by atoms with E-state index in [-0.39, 0.29) is 5.91 Å². The van der Waals surface area contributed by atoms with Crippen LogP contribution in [0.2, 0.25) is 0 Å². The normalized spacial score (nSPS) is 12.7. The third-order valence-electron chi connectivity index (χ3n) is 4.34. The summed E-state index contributed by atoms with van der Waals surface area (Å²) in [7, 11) is 0. The first-order chi connectivity index (χ1) is 13.6. The van der Waals surface area contributed by atoms with Gasteiger partial charge >= 0.3 is 5.97 Å². The van der Waals surface area contributed by atoms with Crippen LogP contribution in [0.3, 0.4) is 0 Å². The number of amides is 1. The molecule has 0 atom stereocenters. The Labute approximate surface area is 174 Å². The highest BCUT2D eigenvalue weighted by molar-refractivity contribution is 9.10. The lowest BCUT2D eigenvalue weighted by molar-refractivity contribution is 0.0526. The number of carbonyl (C=O) groups is 2. The van der Waals surface area contributed by atoms with Gasteiger partial charge in [0.05, 0.1) is 18.0 Å². The summed E-state index contributed by atoms with van der Waals surface area (Å²) in [6.07, 6.45) is 0.598. The molecule has 1 aliphatic rings. The Morgan fingerprint density at radius 3 is 2.79 bits per heavy atom. The molecule has 1 aromatic carbocycles. The molecule has 0 radical (unpaired) electrons. The maximum absolute atomic E-state index is 13.2. The van der Waals surface area contributed by atoms with Gasteiger partial charge in [0.15, 0.2) is 0 Å². The van der Waals surface area contributed by atoms with Crippen molar-refractivity contribution in [2.75, 3.05) is 18.1 Å². The number of halogens is 1. The van der Waals surface area contributed by atoms with Crippen LogP contribution in [-0.4, -0.2) is 35.0 Å². The fraction of sp³-hybridized carbons (Fsp3) is 0.200. The predicted octanol–water partition coefficient (Wildman–Crippen LogP) is 4.35. The fourth-order valence-electron chi connectivity index (χ4n) is 3.13. The summed E-state index contributed by atoms with van der Waals surface area (Å²) >= 11 is 4.64. The SMILES string of the molecule is CCOC(=O)c1nc2c(s1)CCN(C(=O)c1cccc(Br)n1)c1ccccc1-2. The number of esters is 1. The number of aromatic nitrogens is 2. The van der Waals surface area contributed by atoms with E-state index < -0.39 is 5.97 Å². The Bertz CT molecular complexity index is 1070. The zero-order valence-corrected chi connectivity index (χ0v) is 17.4. The van der Waals surface area contributed by atoms with Gasteiger partial charge in [-0.3, -0.25) is 4.79 Å². The molecule has 0 aliphatic carbocycles. The quantitative estimate of drug-likeness (QED) is 0.431. The van der Waals surface area contributed by atoms with Gasteiger partial charge in [0.25, 0.3) is 5.91 Å². The average molecular weight is 458 g/mol. The average Bonchev–Trinajstić information content (AvgIpc) is 3.06. The molecule has 0 fully saturated rings. The molecule has 0 saturated heterocycles. The van der Waals surface area contributed by atoms with E-state index in [1.165, 1.54) is 11.3 Å². The Morgan fingerprint density at radius 2 is 2.00 bits per heavy atom. The van der Waals surface area contributed by atoms with Gasteiger partial charge in [-0.25, -0.2) is 14.8 Å². The number of fused-ring (bicyclic) bond motifs is 3. The maximum Gasteiger partial charge on any atom is 0.367 e. The standard InChI is InChI=1S/C20H16BrN3O3S/c1-2-27-20(26)18-23-17-12-6-3-4-8-14(12)24(11-10-15(17)28-18)19(25)13-7-5-9-16(21)22-13/h3-9H,2,10-11H2,1H3. The summed E-state index contributed by atoms with van der Waals surface area (Å²) in [6.45, 7) is 2.55. The van der Waals surface area contributed by atoms with Gasteiger partial charge in [-0.15, -0.1) is 11.3 Å². The first kappa shape index (κ1) is 18.8. The molecule has 3 aromatic rings. The third kappa shape index (κ3) is 3.45. The van der Waals surface area contributed by atoms with E-state index in [0.29, 0.717) is 34.9 Å². The number of thiazole rings is 1. The zero-order chi connectivity index (χ0) is 19.7. The van der Waals surface area contributed by atoms with Crippen molar-refractivity contribution in [3.05, 3.63) is 62.6 Å². The molecule has 0 N–H and O–H groups in total. The molecule has 8 heteroatoms. The van der Waals surface area contributed by atoms with Gasteiger partial charge in [-0.2, -0.15) is 0 Å². The Hall–Kier alpha value is -2.58. The lowest BCUT2D eigenvalue weighted by Gasteiger charge is -2.22. The van der Waals surface area contributed by atoms with Crippen LogP contribution in [-0.2, 0) is 11.2 Å². The van der Waals surface area contributed by atoms with E-state index >= 15 is 0 Å². The van der Waals surface area contributed by atoms with Crippen LogP contribution in [0.5, 0.6) is 0 Å². The third-order valence-corrected chi connectivity index (χ3v) is 5.88. The highest BCUT2D eigenvalue weighted by atomic mass is 79.9. The summed E-state index contributed by atoms with van der Waals surface area (Å²) in [5.74, 6) is -0.584. The monoisotopic (exact) mass is 457 g/mol. The first-order valence-corrected chi connectivity index (χ1v) is 10.4. The molecule has 4 rings (SSSR count). The van der Waals surface area contributed by atoms with E-state index in [2.05, 4.69) is 25.9 Å². The molecule has 1 aliphatic heterocycles. The number of pyridine rings is 1. The molecule has 3 heterocycles. The second-order valence-electron chi connectivity index (χ2n) is 6.08. The number of nitrogens with zero attached hydrogens (tertiary/aromatic N) is 3. The molecule has 2 aromatic heterocycles. The minimum absolute atomic E-state index is 0.172. The van der Waals surface area contributed by atoms with Crippen molar-refractivity contribution in [3.8, 4) is 11.3 Å². The molecule has 0 unspecified atom stereocenters. The van der Waals surface area contributed by atoms with Gasteiger partial charge < -0.3 is 9.64 Å². The summed E-state index contributed by atoms with van der Waals surface area (Å²) in [5.41, 5.74) is 2.69. The topological polar surface area (TPSA) is 72.4 Å². The maximum atomic E-state index is 13.2. The molecule has 0 bridgehead atoms. The number of ether oxygens (including phenoxy) is 1. The molecule has 1 amide bonds. The Kier molecular flexibility index (Phi) is 5.23. The van der Waals surface area contributed by atoms with E-state index in [4.69, 9.17) is 4.74 Å². The van der Waals surface area contributed by atoms with Crippen LogP contribution in [0.15, 0.2) is 47.1 Å². The van der Waals surface area contributed by atoms with E-state index in [9.17, 15) is 9.59 Å². The molecule has 6 nitrogen and oxygen atoms in total. The van der Waals surface area contributed by atoms with Crippen LogP contribution in [0.25, 0.3) is 11.3 Å². The highest BCUT2D eigenvalue weighted by Gasteiger charge is 2.29. The molecule has 142 valence electrons. The highest BCUT2D eigenvalue weighted by Crippen LogP contribution is 2.39. The first-order valence-electron chi connectivity index (χ1n) is 8.79. The number of carbonyl (C=O) groups excluding carboxylic acids is 2. The van der Waals surface area contributed by atoms with Gasteiger partial charge in [-0.05, 0) is 41.1 Å². The van der Waals surface area contributed by atoms with Crippen LogP contribution >= 0.6 is 27.3 Å². The van der Waals surface area contributed by atoms with Crippen molar-refractivity contribution < 1.29 is 14.3 Å². The second-order valence-corrected chi connectivity index (χ2v) is 7.98. The zero-order valence-electron chi connectivity index (χ0n) is 15.0. The van der Waals surface area contributed by atoms with Crippen LogP contribution in [0.4, 0.5) is 5.69 Å². The Morgan fingerprint density at radius 1 is 1.18 bits per heavy atom. The van der Waals surface area contributed by atoms with Crippen molar-refractivity contribution >= 4 is 44.8 Å². The minimum Gasteiger partial charge on any atom is -0.461 e. The number of rotatable bonds is 3. The fourth-order valence-corrected chi connectivity index (χ4v) is 4.43. The van der Waals surface area contributed by atoms with E-state index in [1.807, 2.05) is 24.3 Å². The molecule has 28 heavy (non-hydrogen) atoms. The largest absolute Gasteiger partial charge is 0.461 e. The van der Waals surface area contributed by atoms with Crippen molar-refractivity contribution in [1.82, 2.24) is 9.97 Å². The molecule has 0 saturated carbocycles. The van der Waals surface area contributed by atoms with Crippen molar-refractivity contribution in [2.45, 2.75) is 13.3 Å². The van der Waals surface area contributed by atoms with Crippen molar-refractivity contribution in [1.29, 1.82) is 0 Å². The molecule has 0 spiro atoms. The van der Waals surface area contributed by atoms with Crippen LogP contribution in [0, 0.1) is 0 Å². The minimum atomic E-state index is -0.413. The number of hydrogen-bond donors (Lipinski definition) is 0. The number of hydrogen-bond acceptors (Lipinski definition) is 6. The number of para-hydroxylation sites is 1. The number of anilines is 1. The second kappa shape index (κ2) is 7.81. The van der Waals surface area contributed by atoms with Crippen LogP contribution in [0.1, 0.15) is 32.1 Å². The predicted molar refractivity (Wildman–Crippen MR) is 111 cm³/mol. The lowest BCUT2D eigenvalue weighted by Crippen LogP contribution is -2.33. The van der Waals surface area contributed by atoms with E-state index in [1.54, 1.807) is 30.0 Å². The van der Waals surface area contributed by atoms with Crippen LogP contribution < -0.4 is 4.90 Å². The van der Waals surface area contributed by atoms with Gasteiger partial charge in [-0.1, -0.05) is 24.3 Å². The van der Waals surface area contributed by atoms with Gasteiger partial charge in [0.2, 0.25) is 5.01 Å². The summed E-state index contributed by atoms with van der Waals surface area (Å²) in [5, 5.41) is 0.343. The van der Waals surface area contributed by atoms with Crippen molar-refractivity contribution in [3.63, 3.8) is 0 Å².